The van der Waals surface area contributed by atoms with Crippen LogP contribution in [0.5, 0.6) is 0 Å². The molecule has 4 heterocycles. The first-order valence-electron chi connectivity index (χ1n) is 9.66. The van der Waals surface area contributed by atoms with Gasteiger partial charge in [0.2, 0.25) is 0 Å². The fraction of sp³-hybridized carbons (Fsp3) is 0.333. The smallest absolute Gasteiger partial charge is 0.159 e. The van der Waals surface area contributed by atoms with Gasteiger partial charge in [0.15, 0.2) is 5.82 Å². The Bertz CT molecular complexity index is 967. The van der Waals surface area contributed by atoms with E-state index in [0.717, 1.165) is 47.4 Å². The first-order chi connectivity index (χ1) is 13.4. The van der Waals surface area contributed by atoms with E-state index in [2.05, 4.69) is 39.4 Å². The average molecular weight is 358 g/mol. The van der Waals surface area contributed by atoms with Gasteiger partial charge in [0, 0.05) is 18.7 Å². The number of nitrogens with zero attached hydrogens (tertiary/aromatic N) is 6. The number of pyridine rings is 1. The Labute approximate surface area is 158 Å². The van der Waals surface area contributed by atoms with E-state index in [4.69, 9.17) is 9.98 Å². The van der Waals surface area contributed by atoms with Gasteiger partial charge in [-0.1, -0.05) is 43.2 Å². The number of rotatable bonds is 2. The maximum Gasteiger partial charge on any atom is 0.159 e. The van der Waals surface area contributed by atoms with Crippen molar-refractivity contribution in [2.45, 2.75) is 32.2 Å². The van der Waals surface area contributed by atoms with Gasteiger partial charge in [-0.05, 0) is 25.0 Å². The molecular formula is C21H22N6. The molecule has 0 unspecified atom stereocenters. The van der Waals surface area contributed by atoms with E-state index in [0.29, 0.717) is 6.54 Å². The lowest BCUT2D eigenvalue weighted by Gasteiger charge is -2.23. The van der Waals surface area contributed by atoms with Gasteiger partial charge in [0.1, 0.15) is 24.4 Å². The Morgan fingerprint density at radius 3 is 2.48 bits per heavy atom. The molecule has 5 rings (SSSR count). The first kappa shape index (κ1) is 16.2. The standard InChI is InChI=1S/C21H22N6/c1-2-7-13-26(12-6-1)18-11-10-17-21(24-18)20(16-8-4-3-5-9-16)22-14-19-25-23-15-27(17)19/h3-5,8-11,15H,1-2,6-7,12-14H2. The molecule has 0 spiro atoms. The zero-order chi connectivity index (χ0) is 18.1. The summed E-state index contributed by atoms with van der Waals surface area (Å²) in [6.07, 6.45) is 6.83. The molecule has 0 amide bonds. The van der Waals surface area contributed by atoms with Crippen LogP contribution in [0, 0.1) is 0 Å². The summed E-state index contributed by atoms with van der Waals surface area (Å²) in [5.41, 5.74) is 3.90. The van der Waals surface area contributed by atoms with E-state index in [-0.39, 0.29) is 0 Å². The summed E-state index contributed by atoms with van der Waals surface area (Å²) in [7, 11) is 0. The van der Waals surface area contributed by atoms with Crippen LogP contribution in [-0.2, 0) is 6.54 Å². The number of fused-ring (bicyclic) bond motifs is 3. The van der Waals surface area contributed by atoms with Gasteiger partial charge in [0.25, 0.3) is 0 Å². The van der Waals surface area contributed by atoms with Crippen LogP contribution in [0.4, 0.5) is 5.82 Å². The lowest BCUT2D eigenvalue weighted by molar-refractivity contribution is 0.726. The third kappa shape index (κ3) is 3.01. The average Bonchev–Trinajstić information content (AvgIpc) is 2.93. The maximum absolute atomic E-state index is 5.09. The van der Waals surface area contributed by atoms with Crippen molar-refractivity contribution in [1.82, 2.24) is 19.7 Å². The SMILES string of the molecule is c1ccc(C2=NCc3nncn3-c3ccc(N4CCCCCC4)nc32)cc1. The molecule has 2 aliphatic heterocycles. The summed E-state index contributed by atoms with van der Waals surface area (Å²) in [6, 6.07) is 14.6. The number of benzene rings is 1. The van der Waals surface area contributed by atoms with E-state index in [1.54, 1.807) is 6.33 Å². The molecule has 0 N–H and O–H groups in total. The molecular weight excluding hydrogens is 336 g/mol. The molecule has 2 aliphatic rings. The molecule has 27 heavy (non-hydrogen) atoms. The lowest BCUT2D eigenvalue weighted by atomic mass is 10.1. The minimum absolute atomic E-state index is 0.500. The fourth-order valence-corrected chi connectivity index (χ4v) is 3.90. The second-order valence-electron chi connectivity index (χ2n) is 7.09. The van der Waals surface area contributed by atoms with E-state index >= 15 is 0 Å². The number of aliphatic imine (C=N–C) groups is 1. The summed E-state index contributed by atoms with van der Waals surface area (Å²) in [4.78, 5) is 12.4. The molecule has 0 radical (unpaired) electrons. The first-order valence-corrected chi connectivity index (χ1v) is 9.66. The van der Waals surface area contributed by atoms with Crippen LogP contribution in [0.3, 0.4) is 0 Å². The highest BCUT2D eigenvalue weighted by atomic mass is 15.3. The predicted molar refractivity (Wildman–Crippen MR) is 106 cm³/mol. The van der Waals surface area contributed by atoms with Crippen molar-refractivity contribution < 1.29 is 0 Å². The largest absolute Gasteiger partial charge is 0.357 e. The Morgan fingerprint density at radius 1 is 0.852 bits per heavy atom. The van der Waals surface area contributed by atoms with Gasteiger partial charge in [-0.15, -0.1) is 10.2 Å². The molecule has 136 valence electrons. The quantitative estimate of drug-likeness (QED) is 0.704. The highest BCUT2D eigenvalue weighted by Crippen LogP contribution is 2.26. The van der Waals surface area contributed by atoms with Crippen LogP contribution in [0.15, 0.2) is 53.8 Å². The van der Waals surface area contributed by atoms with Crippen LogP contribution >= 0.6 is 0 Å². The van der Waals surface area contributed by atoms with Crippen molar-refractivity contribution in [2.24, 2.45) is 4.99 Å². The molecule has 0 saturated carbocycles. The van der Waals surface area contributed by atoms with Crippen LogP contribution in [0.25, 0.3) is 5.69 Å². The Balaban J connectivity index is 1.65. The Morgan fingerprint density at radius 2 is 1.67 bits per heavy atom. The molecule has 1 fully saturated rings. The molecule has 6 heteroatoms. The molecule has 1 aromatic carbocycles. The highest BCUT2D eigenvalue weighted by Gasteiger charge is 2.23. The van der Waals surface area contributed by atoms with Crippen molar-refractivity contribution in [3.63, 3.8) is 0 Å². The predicted octanol–water partition coefficient (Wildman–Crippen LogP) is 3.39. The van der Waals surface area contributed by atoms with Gasteiger partial charge in [0.05, 0.1) is 11.4 Å². The second kappa shape index (κ2) is 6.95. The maximum atomic E-state index is 5.09. The number of hydrogen-bond acceptors (Lipinski definition) is 5. The summed E-state index contributed by atoms with van der Waals surface area (Å²) in [5, 5.41) is 8.31. The molecule has 0 bridgehead atoms. The topological polar surface area (TPSA) is 59.2 Å². The van der Waals surface area contributed by atoms with Crippen molar-refractivity contribution in [2.75, 3.05) is 18.0 Å². The van der Waals surface area contributed by atoms with Gasteiger partial charge < -0.3 is 4.90 Å². The Hall–Kier alpha value is -3.02. The lowest BCUT2D eigenvalue weighted by Crippen LogP contribution is -2.26. The van der Waals surface area contributed by atoms with Gasteiger partial charge in [-0.2, -0.15) is 0 Å². The Kier molecular flexibility index (Phi) is 4.16. The molecule has 0 atom stereocenters. The van der Waals surface area contributed by atoms with Crippen molar-refractivity contribution in [3.05, 3.63) is 65.9 Å². The molecule has 1 saturated heterocycles. The minimum atomic E-state index is 0.500. The van der Waals surface area contributed by atoms with Gasteiger partial charge in [-0.25, -0.2) is 4.98 Å². The highest BCUT2D eigenvalue weighted by molar-refractivity contribution is 6.14. The van der Waals surface area contributed by atoms with E-state index in [9.17, 15) is 0 Å². The zero-order valence-corrected chi connectivity index (χ0v) is 15.3. The monoisotopic (exact) mass is 358 g/mol. The molecule has 0 aliphatic carbocycles. The van der Waals surface area contributed by atoms with Gasteiger partial charge in [-0.3, -0.25) is 9.56 Å². The number of aromatic nitrogens is 4. The second-order valence-corrected chi connectivity index (χ2v) is 7.09. The van der Waals surface area contributed by atoms with Crippen molar-refractivity contribution in [1.29, 1.82) is 0 Å². The summed E-state index contributed by atoms with van der Waals surface area (Å²) < 4.78 is 2.01. The third-order valence-corrected chi connectivity index (χ3v) is 5.32. The summed E-state index contributed by atoms with van der Waals surface area (Å²) in [6.45, 7) is 2.64. The van der Waals surface area contributed by atoms with Crippen molar-refractivity contribution in [3.8, 4) is 5.69 Å². The van der Waals surface area contributed by atoms with Crippen LogP contribution < -0.4 is 4.90 Å². The van der Waals surface area contributed by atoms with Crippen LogP contribution in [0.2, 0.25) is 0 Å². The third-order valence-electron chi connectivity index (χ3n) is 5.32. The van der Waals surface area contributed by atoms with E-state index in [1.165, 1.54) is 25.7 Å². The van der Waals surface area contributed by atoms with Crippen LogP contribution in [0.1, 0.15) is 42.8 Å². The molecule has 3 aromatic rings. The van der Waals surface area contributed by atoms with E-state index in [1.807, 2.05) is 22.8 Å². The fourth-order valence-electron chi connectivity index (χ4n) is 3.90. The summed E-state index contributed by atoms with van der Waals surface area (Å²) >= 11 is 0. The normalized spacial score (nSPS) is 16.7. The summed E-state index contributed by atoms with van der Waals surface area (Å²) in [5.74, 6) is 1.88. The molecule has 6 nitrogen and oxygen atoms in total. The minimum Gasteiger partial charge on any atom is -0.357 e. The molecule has 2 aromatic heterocycles. The van der Waals surface area contributed by atoms with Crippen LogP contribution in [-0.4, -0.2) is 38.5 Å². The number of hydrogen-bond donors (Lipinski definition) is 0. The van der Waals surface area contributed by atoms with Gasteiger partial charge >= 0.3 is 0 Å². The van der Waals surface area contributed by atoms with E-state index < -0.39 is 0 Å². The number of anilines is 1. The van der Waals surface area contributed by atoms with Crippen molar-refractivity contribution >= 4 is 11.5 Å². The zero-order valence-electron chi connectivity index (χ0n) is 15.3.